The molecule has 0 unspecified atom stereocenters. The van der Waals surface area contributed by atoms with Crippen LogP contribution in [-0.2, 0) is 0 Å². The Bertz CT molecular complexity index is 4500. The van der Waals surface area contributed by atoms with Crippen molar-refractivity contribution in [3.63, 3.8) is 0 Å². The molecular weight excluding hydrogens is 829 g/mol. The Kier molecular flexibility index (Phi) is 8.01. The average molecular weight is 865 g/mol. The van der Waals surface area contributed by atoms with Crippen molar-refractivity contribution in [3.05, 3.63) is 235 Å². The summed E-state index contributed by atoms with van der Waals surface area (Å²) in [6, 6.07) is 79.1. The molecule has 10 aromatic carbocycles. The maximum atomic E-state index is 11.2. The minimum atomic E-state index is 0.382. The summed E-state index contributed by atoms with van der Waals surface area (Å²) in [5.41, 5.74) is 14.4. The smallest absolute Gasteiger partial charge is 0.214 e. The van der Waals surface area contributed by atoms with Gasteiger partial charge in [-0.15, -0.1) is 0 Å². The van der Waals surface area contributed by atoms with Gasteiger partial charge >= 0.3 is 0 Å². The highest BCUT2D eigenvalue weighted by atomic mass is 15.1. The number of hydrogen-bond acceptors (Lipinski definition) is 1. The van der Waals surface area contributed by atoms with E-state index in [2.05, 4.69) is 223 Å². The lowest BCUT2D eigenvalue weighted by Crippen LogP contribution is -2.08. The molecular formula is C62H36N6. The Balaban J connectivity index is 1.22. The van der Waals surface area contributed by atoms with Gasteiger partial charge < -0.3 is 18.3 Å². The zero-order valence-corrected chi connectivity index (χ0v) is 36.5. The Morgan fingerprint density at radius 3 is 1.22 bits per heavy atom. The van der Waals surface area contributed by atoms with E-state index in [1.165, 1.54) is 10.8 Å². The van der Waals surface area contributed by atoms with Gasteiger partial charge in [0.2, 0.25) is 5.69 Å². The van der Waals surface area contributed by atoms with Crippen LogP contribution in [0.15, 0.2) is 218 Å². The van der Waals surface area contributed by atoms with Crippen molar-refractivity contribution in [2.45, 2.75) is 0 Å². The Hall–Kier alpha value is -9.62. The number of fused-ring (bicyclic) bond motifs is 14. The van der Waals surface area contributed by atoms with Crippen LogP contribution in [0.25, 0.3) is 126 Å². The molecule has 68 heavy (non-hydrogen) atoms. The van der Waals surface area contributed by atoms with Crippen LogP contribution < -0.4 is 0 Å². The van der Waals surface area contributed by atoms with Gasteiger partial charge in [-0.1, -0.05) is 152 Å². The highest BCUT2D eigenvalue weighted by Gasteiger charge is 2.30. The minimum absolute atomic E-state index is 0.382. The molecule has 14 aromatic rings. The highest BCUT2D eigenvalue weighted by Crippen LogP contribution is 2.50. The van der Waals surface area contributed by atoms with E-state index in [9.17, 15) is 5.26 Å². The first-order valence-electron chi connectivity index (χ1n) is 22.8. The first-order chi connectivity index (χ1) is 33.7. The van der Waals surface area contributed by atoms with E-state index in [1.54, 1.807) is 6.07 Å². The number of aromatic nitrogens is 4. The van der Waals surface area contributed by atoms with Crippen LogP contribution in [-0.4, -0.2) is 18.3 Å². The van der Waals surface area contributed by atoms with Crippen LogP contribution in [0.5, 0.6) is 0 Å². The normalized spacial score (nSPS) is 11.8. The van der Waals surface area contributed by atoms with Gasteiger partial charge in [0.15, 0.2) is 0 Å². The van der Waals surface area contributed by atoms with Crippen LogP contribution >= 0.6 is 0 Å². The second-order valence-electron chi connectivity index (χ2n) is 17.4. The summed E-state index contributed by atoms with van der Waals surface area (Å²) in [5.74, 6) is 0. The Morgan fingerprint density at radius 2 is 0.765 bits per heavy atom. The minimum Gasteiger partial charge on any atom is -0.317 e. The number of nitrogens with zero attached hydrogens (tertiary/aromatic N) is 6. The third-order valence-corrected chi connectivity index (χ3v) is 14.0. The lowest BCUT2D eigenvalue weighted by molar-refractivity contribution is 1.10. The molecule has 4 heterocycles. The third-order valence-electron chi connectivity index (χ3n) is 14.0. The quantitative estimate of drug-likeness (QED) is 0.159. The molecule has 0 aliphatic heterocycles. The SMILES string of the molecule is [C-]#[N+]c1cc(C#N)c(-c2ccccc2)c(-n2c3ccccc3c3c2ccc2c4ccccc4n(-c4ccccc4)c23)c1-n1c2ccccc2c2c1ccc1c3ccccc3n(-c3ccccc3)c12. The molecule has 6 heteroatoms. The van der Waals surface area contributed by atoms with Gasteiger partial charge in [-0.2, -0.15) is 5.26 Å². The molecule has 14 rings (SSSR count). The van der Waals surface area contributed by atoms with Crippen molar-refractivity contribution < 1.29 is 0 Å². The average Bonchev–Trinajstić information content (AvgIpc) is 4.13. The highest BCUT2D eigenvalue weighted by molar-refractivity contribution is 6.28. The zero-order valence-electron chi connectivity index (χ0n) is 36.5. The second kappa shape index (κ2) is 14.4. The summed E-state index contributed by atoms with van der Waals surface area (Å²) in [7, 11) is 0. The number of benzene rings is 10. The molecule has 0 bridgehead atoms. The number of rotatable bonds is 5. The van der Waals surface area contributed by atoms with Crippen molar-refractivity contribution in [1.82, 2.24) is 18.3 Å². The Morgan fingerprint density at radius 1 is 0.368 bits per heavy atom. The predicted molar refractivity (Wildman–Crippen MR) is 280 cm³/mol. The number of nitriles is 1. The topological polar surface area (TPSA) is 47.9 Å². The van der Waals surface area contributed by atoms with Crippen LogP contribution in [0.2, 0.25) is 0 Å². The molecule has 314 valence electrons. The van der Waals surface area contributed by atoms with Gasteiger partial charge in [-0.05, 0) is 72.3 Å². The van der Waals surface area contributed by atoms with Crippen molar-refractivity contribution in [1.29, 1.82) is 5.26 Å². The lowest BCUT2D eigenvalue weighted by Gasteiger charge is -2.23. The summed E-state index contributed by atoms with van der Waals surface area (Å²) < 4.78 is 9.42. The molecule has 0 radical (unpaired) electrons. The standard InChI is InChI=1S/C62H36N6/c1-64-49-37-40(38-63)56(39-19-5-2-6-20-39)62(68-53-32-18-14-28-48(53)58-55(68)36-34-46-44-26-12-16-30-51(44)66(60(46)58)42-23-9-4-10-24-42)61(49)67-52-31-17-13-27-47(52)57-54(67)35-33-45-43-25-11-15-29-50(43)65(59(45)57)41-21-7-3-8-22-41/h2-37H. The summed E-state index contributed by atoms with van der Waals surface area (Å²) in [6.07, 6.45) is 0. The van der Waals surface area contributed by atoms with Crippen molar-refractivity contribution in [3.8, 4) is 39.9 Å². The van der Waals surface area contributed by atoms with E-state index in [4.69, 9.17) is 6.57 Å². The van der Waals surface area contributed by atoms with Crippen molar-refractivity contribution in [2.75, 3.05) is 0 Å². The maximum absolute atomic E-state index is 11.2. The fraction of sp³-hybridized carbons (Fsp3) is 0. The van der Waals surface area contributed by atoms with E-state index in [-0.39, 0.29) is 0 Å². The molecule has 0 amide bonds. The van der Waals surface area contributed by atoms with Crippen molar-refractivity contribution >= 4 is 92.9 Å². The number of hydrogen-bond donors (Lipinski definition) is 0. The summed E-state index contributed by atoms with van der Waals surface area (Å²) >= 11 is 0. The van der Waals surface area contributed by atoms with Gasteiger partial charge in [0.05, 0.1) is 73.7 Å². The molecule has 6 nitrogen and oxygen atoms in total. The molecule has 4 aromatic heterocycles. The van der Waals surface area contributed by atoms with Gasteiger partial charge in [0, 0.05) is 60.0 Å². The summed E-state index contributed by atoms with van der Waals surface area (Å²) in [6.45, 7) is 9.03. The summed E-state index contributed by atoms with van der Waals surface area (Å²) in [5, 5.41) is 20.2. The molecule has 0 atom stereocenters. The molecule has 0 saturated carbocycles. The van der Waals surface area contributed by atoms with Crippen LogP contribution in [0, 0.1) is 17.9 Å². The number of para-hydroxylation sites is 6. The van der Waals surface area contributed by atoms with Crippen molar-refractivity contribution in [2.24, 2.45) is 0 Å². The van der Waals surface area contributed by atoms with E-state index in [0.717, 1.165) is 105 Å². The zero-order chi connectivity index (χ0) is 45.0. The van der Waals surface area contributed by atoms with Crippen LogP contribution in [0.4, 0.5) is 5.69 Å². The maximum Gasteiger partial charge on any atom is 0.214 e. The largest absolute Gasteiger partial charge is 0.317 e. The van der Waals surface area contributed by atoms with Gasteiger partial charge in [0.25, 0.3) is 0 Å². The second-order valence-corrected chi connectivity index (χ2v) is 17.4. The van der Waals surface area contributed by atoms with E-state index in [0.29, 0.717) is 16.9 Å². The van der Waals surface area contributed by atoms with Gasteiger partial charge in [0.1, 0.15) is 0 Å². The van der Waals surface area contributed by atoms with E-state index >= 15 is 0 Å². The lowest BCUT2D eigenvalue weighted by atomic mass is 9.95. The molecule has 0 spiro atoms. The fourth-order valence-electron chi connectivity index (χ4n) is 11.3. The monoisotopic (exact) mass is 864 g/mol. The molecule has 0 saturated heterocycles. The third kappa shape index (κ3) is 5.09. The molecule has 0 fully saturated rings. The Labute approximate surface area is 390 Å². The van der Waals surface area contributed by atoms with Crippen LogP contribution in [0.1, 0.15) is 5.56 Å². The first-order valence-corrected chi connectivity index (χ1v) is 22.8. The predicted octanol–water partition coefficient (Wildman–Crippen LogP) is 16.2. The summed E-state index contributed by atoms with van der Waals surface area (Å²) in [4.78, 5) is 4.36. The van der Waals surface area contributed by atoms with E-state index < -0.39 is 0 Å². The van der Waals surface area contributed by atoms with E-state index in [1.807, 2.05) is 18.2 Å². The molecule has 0 aliphatic rings. The molecule has 0 N–H and O–H groups in total. The van der Waals surface area contributed by atoms with Gasteiger partial charge in [-0.25, -0.2) is 4.85 Å². The van der Waals surface area contributed by atoms with Crippen LogP contribution in [0.3, 0.4) is 0 Å². The van der Waals surface area contributed by atoms with Gasteiger partial charge in [-0.3, -0.25) is 0 Å². The first kappa shape index (κ1) is 37.7. The fourth-order valence-corrected chi connectivity index (χ4v) is 11.3. The molecule has 0 aliphatic carbocycles.